The van der Waals surface area contributed by atoms with Crippen LogP contribution in [0, 0.1) is 11.2 Å². The van der Waals surface area contributed by atoms with Gasteiger partial charge in [-0.15, -0.1) is 0 Å². The Morgan fingerprint density at radius 2 is 1.74 bits per heavy atom. The number of carbonyl (C=O) groups excluding carboxylic acids is 2. The molecule has 1 heterocycles. The van der Waals surface area contributed by atoms with E-state index in [1.54, 1.807) is 24.3 Å². The summed E-state index contributed by atoms with van der Waals surface area (Å²) in [6, 6.07) is 12.8. The number of anilines is 1. The highest BCUT2D eigenvalue weighted by Crippen LogP contribution is 2.55. The minimum absolute atomic E-state index is 0.0343. The summed E-state index contributed by atoms with van der Waals surface area (Å²) in [5.41, 5.74) is 5.68. The number of nitrogens with one attached hydrogen (secondary N) is 2. The lowest BCUT2D eigenvalue weighted by molar-refractivity contribution is -0.118. The number of amides is 2. The third-order valence-corrected chi connectivity index (χ3v) is 10.3. The number of hydrogen-bond acceptors (Lipinski definition) is 6. The standard InChI is InChI=1S/C31H34Cl2FN3O5S/c1-30(2,3)16-24-31(43(5,40)41,18-10-12-19(32)13-11-18)25(20-7-6-8-21(33)26(20)34)27(37-24)29(39)36-22-14-9-17(28(35)38)15-23(22)42-4/h6-15,24-25,27,37H,16H2,1-5H3,(H2,35,38)(H,36,39)/t24-,25-,27+,31+/m0/s1. The summed E-state index contributed by atoms with van der Waals surface area (Å²) in [5, 5.41) is 6.25. The molecule has 0 unspecified atom stereocenters. The van der Waals surface area contributed by atoms with Crippen molar-refractivity contribution < 1.29 is 27.1 Å². The molecule has 43 heavy (non-hydrogen) atoms. The summed E-state index contributed by atoms with van der Waals surface area (Å²) >= 11 is 12.4. The molecule has 1 aliphatic heterocycles. The second-order valence-electron chi connectivity index (χ2n) is 11.9. The first-order chi connectivity index (χ1) is 20.0. The average molecular weight is 651 g/mol. The molecule has 0 aromatic heterocycles. The third-order valence-electron chi connectivity index (χ3n) is 7.76. The van der Waals surface area contributed by atoms with Crippen molar-refractivity contribution in [2.45, 2.75) is 49.9 Å². The molecule has 230 valence electrons. The van der Waals surface area contributed by atoms with Crippen LogP contribution in [-0.4, -0.2) is 45.7 Å². The van der Waals surface area contributed by atoms with Gasteiger partial charge in [-0.25, -0.2) is 12.8 Å². The summed E-state index contributed by atoms with van der Waals surface area (Å²) < 4.78 is 48.0. The summed E-state index contributed by atoms with van der Waals surface area (Å²) in [6.07, 6.45) is 1.40. The molecule has 1 fully saturated rings. The van der Waals surface area contributed by atoms with Crippen LogP contribution in [0.1, 0.15) is 54.6 Å². The second-order valence-corrected chi connectivity index (χ2v) is 15.0. The average Bonchev–Trinajstić information content (AvgIpc) is 3.25. The monoisotopic (exact) mass is 649 g/mol. The highest BCUT2D eigenvalue weighted by Gasteiger charge is 2.65. The molecule has 4 atom stereocenters. The molecular weight excluding hydrogens is 616 g/mol. The molecule has 0 saturated carbocycles. The molecule has 3 aromatic rings. The van der Waals surface area contributed by atoms with Gasteiger partial charge >= 0.3 is 0 Å². The van der Waals surface area contributed by atoms with Crippen LogP contribution in [0.15, 0.2) is 60.7 Å². The molecule has 0 radical (unpaired) electrons. The Morgan fingerprint density at radius 1 is 1.09 bits per heavy atom. The van der Waals surface area contributed by atoms with Gasteiger partial charge in [0.2, 0.25) is 11.8 Å². The van der Waals surface area contributed by atoms with Crippen molar-refractivity contribution in [3.05, 3.63) is 93.2 Å². The topological polar surface area (TPSA) is 128 Å². The van der Waals surface area contributed by atoms with E-state index in [4.69, 9.17) is 33.7 Å². The number of primary amides is 1. The van der Waals surface area contributed by atoms with E-state index in [1.165, 1.54) is 43.5 Å². The van der Waals surface area contributed by atoms with Gasteiger partial charge in [0.15, 0.2) is 9.84 Å². The van der Waals surface area contributed by atoms with Crippen LogP contribution < -0.4 is 21.1 Å². The van der Waals surface area contributed by atoms with E-state index in [1.807, 2.05) is 20.8 Å². The maximum Gasteiger partial charge on any atom is 0.248 e. The van der Waals surface area contributed by atoms with Crippen molar-refractivity contribution in [2.75, 3.05) is 18.7 Å². The van der Waals surface area contributed by atoms with Crippen LogP contribution in [0.3, 0.4) is 0 Å². The van der Waals surface area contributed by atoms with E-state index in [0.717, 1.165) is 6.26 Å². The minimum atomic E-state index is -4.12. The quantitative estimate of drug-likeness (QED) is 0.288. The van der Waals surface area contributed by atoms with Crippen LogP contribution in [0.5, 0.6) is 5.75 Å². The van der Waals surface area contributed by atoms with Gasteiger partial charge in [-0.05, 0) is 59.4 Å². The maximum atomic E-state index is 16.0. The zero-order chi connectivity index (χ0) is 31.9. The van der Waals surface area contributed by atoms with Crippen LogP contribution >= 0.6 is 23.2 Å². The fourth-order valence-electron chi connectivity index (χ4n) is 6.07. The third kappa shape index (κ3) is 6.24. The summed E-state index contributed by atoms with van der Waals surface area (Å²) in [6.45, 7) is 5.87. The van der Waals surface area contributed by atoms with Crippen molar-refractivity contribution in [1.29, 1.82) is 0 Å². The number of benzene rings is 3. The molecule has 3 aromatic carbocycles. The SMILES string of the molecule is COc1cc(C(N)=O)ccc1NC(=O)[C@@H]1N[C@@H](CC(C)(C)C)[C@@](c2ccc(Cl)cc2)(S(C)(=O)=O)[C@H]1c1cccc(Cl)c1F. The number of carbonyl (C=O) groups is 2. The fraction of sp³-hybridized carbons (Fsp3) is 0.355. The summed E-state index contributed by atoms with van der Waals surface area (Å²) in [7, 11) is -2.75. The van der Waals surface area contributed by atoms with Crippen molar-refractivity contribution >= 4 is 50.5 Å². The van der Waals surface area contributed by atoms with Crippen LogP contribution in [0.25, 0.3) is 0 Å². The van der Waals surface area contributed by atoms with E-state index < -0.39 is 55.6 Å². The van der Waals surface area contributed by atoms with Crippen LogP contribution in [0.4, 0.5) is 10.1 Å². The number of nitrogens with two attached hydrogens (primary N) is 1. The molecule has 4 N–H and O–H groups in total. The lowest BCUT2D eigenvalue weighted by Crippen LogP contribution is -2.50. The molecule has 2 amide bonds. The first-order valence-corrected chi connectivity index (χ1v) is 16.1. The smallest absolute Gasteiger partial charge is 0.248 e. The Morgan fingerprint density at radius 3 is 2.30 bits per heavy atom. The van der Waals surface area contributed by atoms with Gasteiger partial charge in [0.25, 0.3) is 0 Å². The molecule has 0 spiro atoms. The van der Waals surface area contributed by atoms with Crippen molar-refractivity contribution in [1.82, 2.24) is 5.32 Å². The van der Waals surface area contributed by atoms with Gasteiger partial charge in [0, 0.05) is 28.8 Å². The lowest BCUT2D eigenvalue weighted by atomic mass is 9.73. The molecule has 0 bridgehead atoms. The first kappa shape index (κ1) is 32.7. The highest BCUT2D eigenvalue weighted by atomic mass is 35.5. The molecule has 1 saturated heterocycles. The number of ether oxygens (including phenoxy) is 1. The normalized spacial score (nSPS) is 22.3. The number of sulfone groups is 1. The number of rotatable bonds is 8. The zero-order valence-electron chi connectivity index (χ0n) is 24.4. The predicted octanol–water partition coefficient (Wildman–Crippen LogP) is 5.68. The van der Waals surface area contributed by atoms with Gasteiger partial charge in [0.05, 0.1) is 23.9 Å². The molecule has 0 aliphatic carbocycles. The Balaban J connectivity index is 2.00. The minimum Gasteiger partial charge on any atom is -0.495 e. The van der Waals surface area contributed by atoms with E-state index in [2.05, 4.69) is 10.6 Å². The molecule has 8 nitrogen and oxygen atoms in total. The van der Waals surface area contributed by atoms with Crippen LogP contribution in [-0.2, 0) is 19.4 Å². The molecule has 1 aliphatic rings. The molecule has 12 heteroatoms. The lowest BCUT2D eigenvalue weighted by Gasteiger charge is -2.41. The predicted molar refractivity (Wildman–Crippen MR) is 167 cm³/mol. The number of halogens is 3. The van der Waals surface area contributed by atoms with Crippen molar-refractivity contribution in [2.24, 2.45) is 11.1 Å². The number of methoxy groups -OCH3 is 1. The van der Waals surface area contributed by atoms with Gasteiger partial charge in [-0.2, -0.15) is 0 Å². The van der Waals surface area contributed by atoms with E-state index >= 15 is 4.39 Å². The summed E-state index contributed by atoms with van der Waals surface area (Å²) in [5.74, 6) is -3.27. The Kier molecular flexibility index (Phi) is 9.19. The van der Waals surface area contributed by atoms with Crippen LogP contribution in [0.2, 0.25) is 10.0 Å². The highest BCUT2D eigenvalue weighted by molar-refractivity contribution is 7.91. The summed E-state index contributed by atoms with van der Waals surface area (Å²) in [4.78, 5) is 25.9. The Hall–Kier alpha value is -3.18. The van der Waals surface area contributed by atoms with Crippen molar-refractivity contribution in [3.8, 4) is 5.75 Å². The largest absolute Gasteiger partial charge is 0.495 e. The van der Waals surface area contributed by atoms with Gasteiger partial charge in [-0.3, -0.25) is 9.59 Å². The second kappa shape index (κ2) is 12.1. The zero-order valence-corrected chi connectivity index (χ0v) is 26.7. The molecule has 4 rings (SSSR count). The van der Waals surface area contributed by atoms with E-state index in [9.17, 15) is 18.0 Å². The molecular formula is C31H34Cl2FN3O5S. The van der Waals surface area contributed by atoms with Gasteiger partial charge in [-0.1, -0.05) is 68.2 Å². The van der Waals surface area contributed by atoms with E-state index in [0.29, 0.717) is 17.0 Å². The maximum absolute atomic E-state index is 16.0. The fourth-order valence-corrected chi connectivity index (χ4v) is 8.34. The van der Waals surface area contributed by atoms with Crippen molar-refractivity contribution in [3.63, 3.8) is 0 Å². The van der Waals surface area contributed by atoms with Gasteiger partial charge in [0.1, 0.15) is 16.3 Å². The first-order valence-electron chi connectivity index (χ1n) is 13.5. The Bertz CT molecular complexity index is 1660. The Labute approximate surface area is 261 Å². The van der Waals surface area contributed by atoms with Gasteiger partial charge < -0.3 is 21.1 Å². The number of hydrogen-bond donors (Lipinski definition) is 3. The van der Waals surface area contributed by atoms with E-state index in [-0.39, 0.29) is 27.6 Å².